The molecule has 0 aliphatic carbocycles. The number of hydrogen-bond acceptors (Lipinski definition) is 2. The highest BCUT2D eigenvalue weighted by Crippen LogP contribution is 2.19. The second-order valence-corrected chi connectivity index (χ2v) is 3.79. The van der Waals surface area contributed by atoms with Gasteiger partial charge in [-0.3, -0.25) is 11.3 Å². The van der Waals surface area contributed by atoms with Crippen molar-refractivity contribution in [3.05, 3.63) is 47.5 Å². The molecule has 0 amide bonds. The van der Waals surface area contributed by atoms with Gasteiger partial charge in [-0.2, -0.15) is 0 Å². The molecule has 0 bridgehead atoms. The fourth-order valence-corrected chi connectivity index (χ4v) is 1.51. The first-order valence-electron chi connectivity index (χ1n) is 4.80. The summed E-state index contributed by atoms with van der Waals surface area (Å²) in [4.78, 5) is 0. The molecule has 0 aliphatic heterocycles. The van der Waals surface area contributed by atoms with Crippen molar-refractivity contribution >= 4 is 0 Å². The van der Waals surface area contributed by atoms with E-state index in [2.05, 4.69) is 37.1 Å². The summed E-state index contributed by atoms with van der Waals surface area (Å²) in [7, 11) is 0. The molecule has 0 fully saturated rings. The maximum absolute atomic E-state index is 5.51. The second-order valence-electron chi connectivity index (χ2n) is 3.79. The van der Waals surface area contributed by atoms with Crippen LogP contribution in [0.1, 0.15) is 30.5 Å². The minimum atomic E-state index is 0.174. The van der Waals surface area contributed by atoms with Crippen LogP contribution in [0, 0.1) is 6.92 Å². The van der Waals surface area contributed by atoms with Crippen LogP contribution >= 0.6 is 0 Å². The van der Waals surface area contributed by atoms with Crippen LogP contribution in [-0.2, 0) is 0 Å². The lowest BCUT2D eigenvalue weighted by molar-refractivity contribution is 0.550. The van der Waals surface area contributed by atoms with Gasteiger partial charge in [-0.1, -0.05) is 35.4 Å². The van der Waals surface area contributed by atoms with Gasteiger partial charge in [-0.25, -0.2) is 0 Å². The molecule has 76 valence electrons. The summed E-state index contributed by atoms with van der Waals surface area (Å²) >= 11 is 0. The van der Waals surface area contributed by atoms with Crippen LogP contribution in [0.4, 0.5) is 0 Å². The van der Waals surface area contributed by atoms with E-state index >= 15 is 0 Å². The third kappa shape index (κ3) is 2.98. The third-order valence-electron chi connectivity index (χ3n) is 2.20. The Hall–Kier alpha value is -1.12. The first-order chi connectivity index (χ1) is 6.63. The molecule has 0 saturated carbocycles. The zero-order valence-corrected chi connectivity index (χ0v) is 8.88. The van der Waals surface area contributed by atoms with Crippen LogP contribution in [-0.4, -0.2) is 0 Å². The largest absolute Gasteiger partial charge is 0.271 e. The monoisotopic (exact) mass is 190 g/mol. The Balaban J connectivity index is 2.83. The Labute approximate surface area is 85.8 Å². The molecule has 14 heavy (non-hydrogen) atoms. The Morgan fingerprint density at radius 3 is 2.79 bits per heavy atom. The summed E-state index contributed by atoms with van der Waals surface area (Å²) in [6.07, 6.45) is 0.875. The highest BCUT2D eigenvalue weighted by atomic mass is 15.2. The average molecular weight is 190 g/mol. The van der Waals surface area contributed by atoms with E-state index in [0.717, 1.165) is 12.0 Å². The number of hydrogen-bond donors (Lipinski definition) is 2. The van der Waals surface area contributed by atoms with E-state index in [1.54, 1.807) is 0 Å². The molecule has 1 aromatic rings. The fraction of sp³-hybridized carbons (Fsp3) is 0.333. The summed E-state index contributed by atoms with van der Waals surface area (Å²) in [6, 6.07) is 8.53. The quantitative estimate of drug-likeness (QED) is 0.435. The molecule has 0 aliphatic rings. The van der Waals surface area contributed by atoms with E-state index in [1.165, 1.54) is 11.1 Å². The van der Waals surface area contributed by atoms with Gasteiger partial charge in [0, 0.05) is 6.04 Å². The smallest absolute Gasteiger partial charge is 0.0496 e. The van der Waals surface area contributed by atoms with Gasteiger partial charge in [-0.15, -0.1) is 6.58 Å². The predicted molar refractivity (Wildman–Crippen MR) is 60.7 cm³/mol. The van der Waals surface area contributed by atoms with Crippen LogP contribution in [0.25, 0.3) is 0 Å². The molecule has 1 unspecified atom stereocenters. The molecule has 1 atom stereocenters. The van der Waals surface area contributed by atoms with Gasteiger partial charge in [0.05, 0.1) is 0 Å². The predicted octanol–water partition coefficient (Wildman–Crippen LogP) is 2.47. The number of rotatable bonds is 4. The van der Waals surface area contributed by atoms with Crippen LogP contribution in [0.3, 0.4) is 0 Å². The molecular formula is C12H18N2. The minimum Gasteiger partial charge on any atom is -0.271 e. The van der Waals surface area contributed by atoms with Crippen molar-refractivity contribution in [3.8, 4) is 0 Å². The molecule has 0 saturated heterocycles. The van der Waals surface area contributed by atoms with Crippen LogP contribution in [0.2, 0.25) is 0 Å². The van der Waals surface area contributed by atoms with E-state index in [-0.39, 0.29) is 6.04 Å². The Morgan fingerprint density at radius 2 is 2.29 bits per heavy atom. The molecular weight excluding hydrogens is 172 g/mol. The maximum Gasteiger partial charge on any atom is 0.0496 e. The van der Waals surface area contributed by atoms with E-state index < -0.39 is 0 Å². The van der Waals surface area contributed by atoms with Crippen LogP contribution < -0.4 is 11.3 Å². The average Bonchev–Trinajstić information content (AvgIpc) is 2.14. The van der Waals surface area contributed by atoms with Crippen molar-refractivity contribution in [2.24, 2.45) is 5.84 Å². The van der Waals surface area contributed by atoms with E-state index in [9.17, 15) is 0 Å². The zero-order valence-electron chi connectivity index (χ0n) is 8.88. The van der Waals surface area contributed by atoms with Crippen LogP contribution in [0.5, 0.6) is 0 Å². The lowest BCUT2D eigenvalue weighted by Crippen LogP contribution is -2.28. The Kier molecular flexibility index (Phi) is 3.86. The van der Waals surface area contributed by atoms with Crippen LogP contribution in [0.15, 0.2) is 36.4 Å². The van der Waals surface area contributed by atoms with Gasteiger partial charge >= 0.3 is 0 Å². The molecule has 0 radical (unpaired) electrons. The summed E-state index contributed by atoms with van der Waals surface area (Å²) in [5.41, 5.74) is 6.42. The van der Waals surface area contributed by atoms with Gasteiger partial charge in [0.1, 0.15) is 0 Å². The van der Waals surface area contributed by atoms with Crippen molar-refractivity contribution in [2.75, 3.05) is 0 Å². The number of nitrogens with two attached hydrogens (primary N) is 1. The summed E-state index contributed by atoms with van der Waals surface area (Å²) in [6.45, 7) is 7.99. The van der Waals surface area contributed by atoms with Crippen molar-refractivity contribution in [3.63, 3.8) is 0 Å². The molecule has 0 spiro atoms. The lowest BCUT2D eigenvalue weighted by Gasteiger charge is -2.16. The zero-order chi connectivity index (χ0) is 10.6. The highest BCUT2D eigenvalue weighted by Gasteiger charge is 2.08. The summed E-state index contributed by atoms with van der Waals surface area (Å²) < 4.78 is 0. The summed E-state index contributed by atoms with van der Waals surface area (Å²) in [5, 5.41) is 0. The SMILES string of the molecule is C=C(C)CC(NN)c1cccc(C)c1. The molecule has 1 aromatic carbocycles. The first-order valence-corrected chi connectivity index (χ1v) is 4.80. The topological polar surface area (TPSA) is 38.0 Å². The number of hydrazine groups is 1. The van der Waals surface area contributed by atoms with Gasteiger partial charge in [0.2, 0.25) is 0 Å². The van der Waals surface area contributed by atoms with Gasteiger partial charge in [-0.05, 0) is 25.8 Å². The van der Waals surface area contributed by atoms with Crippen molar-refractivity contribution in [1.29, 1.82) is 0 Å². The third-order valence-corrected chi connectivity index (χ3v) is 2.20. The molecule has 1 rings (SSSR count). The molecule has 2 heteroatoms. The normalized spacial score (nSPS) is 12.5. The van der Waals surface area contributed by atoms with Crippen molar-refractivity contribution in [2.45, 2.75) is 26.3 Å². The summed E-state index contributed by atoms with van der Waals surface area (Å²) in [5.74, 6) is 5.51. The van der Waals surface area contributed by atoms with E-state index in [4.69, 9.17) is 5.84 Å². The molecule has 0 heterocycles. The maximum atomic E-state index is 5.51. The van der Waals surface area contributed by atoms with Gasteiger partial charge in [0.25, 0.3) is 0 Å². The minimum absolute atomic E-state index is 0.174. The molecule has 2 nitrogen and oxygen atoms in total. The number of aryl methyl sites for hydroxylation is 1. The lowest BCUT2D eigenvalue weighted by atomic mass is 9.99. The van der Waals surface area contributed by atoms with Crippen molar-refractivity contribution < 1.29 is 0 Å². The van der Waals surface area contributed by atoms with E-state index in [0.29, 0.717) is 0 Å². The molecule has 3 N–H and O–H groups in total. The molecule has 0 aromatic heterocycles. The Bertz CT molecular complexity index is 318. The van der Waals surface area contributed by atoms with Crippen molar-refractivity contribution in [1.82, 2.24) is 5.43 Å². The highest BCUT2D eigenvalue weighted by molar-refractivity contribution is 5.25. The first kappa shape index (κ1) is 11.0. The fourth-order valence-electron chi connectivity index (χ4n) is 1.51. The van der Waals surface area contributed by atoms with Gasteiger partial charge in [0.15, 0.2) is 0 Å². The number of benzene rings is 1. The number of nitrogens with one attached hydrogen (secondary N) is 1. The second kappa shape index (κ2) is 4.94. The Morgan fingerprint density at radius 1 is 1.57 bits per heavy atom. The van der Waals surface area contributed by atoms with E-state index in [1.807, 2.05) is 13.0 Å². The standard InChI is InChI=1S/C12H18N2/c1-9(2)7-12(14-13)11-6-4-5-10(3)8-11/h4-6,8,12,14H,1,7,13H2,2-3H3. The van der Waals surface area contributed by atoms with Gasteiger partial charge < -0.3 is 0 Å².